The van der Waals surface area contributed by atoms with Crippen LogP contribution in [0.15, 0.2) is 4.99 Å². The Bertz CT molecular complexity index is 210. The van der Waals surface area contributed by atoms with E-state index >= 15 is 0 Å². The average Bonchev–Trinajstić information content (AvgIpc) is 2.31. The van der Waals surface area contributed by atoms with Crippen molar-refractivity contribution in [2.24, 2.45) is 10.9 Å². The Labute approximate surface area is 129 Å². The molecule has 0 aliphatic carbocycles. The summed E-state index contributed by atoms with van der Waals surface area (Å²) >= 11 is 0. The van der Waals surface area contributed by atoms with Gasteiger partial charge in [-0.05, 0) is 32.1 Å². The first-order valence-electron chi connectivity index (χ1n) is 6.58. The van der Waals surface area contributed by atoms with Gasteiger partial charge in [-0.1, -0.05) is 13.8 Å². The SMILES string of the molecule is CN=C(NCCCCCOC)NC(C)C(C)C.I. The van der Waals surface area contributed by atoms with Gasteiger partial charge in [-0.25, -0.2) is 0 Å². The molecule has 0 rings (SSSR count). The van der Waals surface area contributed by atoms with Gasteiger partial charge in [0.25, 0.3) is 0 Å². The van der Waals surface area contributed by atoms with E-state index in [0.29, 0.717) is 12.0 Å². The van der Waals surface area contributed by atoms with E-state index < -0.39 is 0 Å². The van der Waals surface area contributed by atoms with E-state index in [2.05, 4.69) is 36.4 Å². The summed E-state index contributed by atoms with van der Waals surface area (Å²) in [5.74, 6) is 1.51. The van der Waals surface area contributed by atoms with Gasteiger partial charge in [0.1, 0.15) is 0 Å². The molecule has 0 aliphatic rings. The number of hydrogen-bond donors (Lipinski definition) is 2. The first-order chi connectivity index (χ1) is 8.11. The molecule has 0 aliphatic heterocycles. The zero-order valence-electron chi connectivity index (χ0n) is 12.5. The summed E-state index contributed by atoms with van der Waals surface area (Å²) < 4.78 is 5.01. The number of unbranched alkanes of at least 4 members (excludes halogenated alkanes) is 2. The molecule has 0 saturated carbocycles. The fourth-order valence-electron chi connectivity index (χ4n) is 1.33. The Morgan fingerprint density at radius 2 is 1.83 bits per heavy atom. The molecular weight excluding hydrogens is 341 g/mol. The van der Waals surface area contributed by atoms with Crippen LogP contribution in [0.25, 0.3) is 0 Å². The maximum absolute atomic E-state index is 5.01. The molecule has 1 unspecified atom stereocenters. The van der Waals surface area contributed by atoms with Crippen molar-refractivity contribution >= 4 is 29.9 Å². The number of guanidine groups is 1. The first kappa shape index (κ1) is 20.3. The average molecular weight is 371 g/mol. The molecule has 4 nitrogen and oxygen atoms in total. The Morgan fingerprint density at radius 3 is 2.33 bits per heavy atom. The fraction of sp³-hybridized carbons (Fsp3) is 0.923. The molecule has 1 atom stereocenters. The van der Waals surface area contributed by atoms with Crippen LogP contribution < -0.4 is 10.6 Å². The van der Waals surface area contributed by atoms with Crippen LogP contribution >= 0.6 is 24.0 Å². The minimum Gasteiger partial charge on any atom is -0.385 e. The highest BCUT2D eigenvalue weighted by Gasteiger charge is 2.08. The highest BCUT2D eigenvalue weighted by Crippen LogP contribution is 1.99. The monoisotopic (exact) mass is 371 g/mol. The van der Waals surface area contributed by atoms with E-state index in [4.69, 9.17) is 4.74 Å². The smallest absolute Gasteiger partial charge is 0.191 e. The maximum atomic E-state index is 5.01. The number of methoxy groups -OCH3 is 1. The summed E-state index contributed by atoms with van der Waals surface area (Å²) in [7, 11) is 3.56. The number of hydrogen-bond acceptors (Lipinski definition) is 2. The number of nitrogens with one attached hydrogen (secondary N) is 2. The minimum atomic E-state index is 0. The number of ether oxygens (including phenoxy) is 1. The number of aliphatic imine (C=N–C) groups is 1. The van der Waals surface area contributed by atoms with Gasteiger partial charge in [-0.3, -0.25) is 4.99 Å². The molecule has 110 valence electrons. The lowest BCUT2D eigenvalue weighted by atomic mass is 10.1. The highest BCUT2D eigenvalue weighted by atomic mass is 127. The Morgan fingerprint density at radius 1 is 1.17 bits per heavy atom. The summed E-state index contributed by atoms with van der Waals surface area (Å²) in [5.41, 5.74) is 0. The fourth-order valence-corrected chi connectivity index (χ4v) is 1.33. The first-order valence-corrected chi connectivity index (χ1v) is 6.58. The van der Waals surface area contributed by atoms with Gasteiger partial charge >= 0.3 is 0 Å². The molecule has 0 bridgehead atoms. The Kier molecular flexibility index (Phi) is 15.1. The molecule has 0 aromatic carbocycles. The van der Waals surface area contributed by atoms with Gasteiger partial charge in [-0.15, -0.1) is 24.0 Å². The van der Waals surface area contributed by atoms with E-state index in [-0.39, 0.29) is 24.0 Å². The van der Waals surface area contributed by atoms with Crippen LogP contribution in [0.5, 0.6) is 0 Å². The van der Waals surface area contributed by atoms with E-state index in [0.717, 1.165) is 32.0 Å². The molecule has 2 N–H and O–H groups in total. The molecule has 0 saturated heterocycles. The van der Waals surface area contributed by atoms with Crippen LogP contribution in [0.1, 0.15) is 40.0 Å². The molecule has 0 spiro atoms. The third-order valence-corrected chi connectivity index (χ3v) is 2.91. The molecule has 0 heterocycles. The van der Waals surface area contributed by atoms with Crippen molar-refractivity contribution in [2.75, 3.05) is 27.3 Å². The van der Waals surface area contributed by atoms with Crippen LogP contribution in [0, 0.1) is 5.92 Å². The second kappa shape index (κ2) is 13.4. The van der Waals surface area contributed by atoms with Crippen LogP contribution in [-0.4, -0.2) is 39.3 Å². The number of rotatable bonds is 8. The third kappa shape index (κ3) is 11.1. The van der Waals surface area contributed by atoms with Crippen molar-refractivity contribution in [1.29, 1.82) is 0 Å². The zero-order chi connectivity index (χ0) is 13.1. The molecule has 0 aromatic heterocycles. The number of nitrogens with zero attached hydrogens (tertiary/aromatic N) is 1. The van der Waals surface area contributed by atoms with Gasteiger partial charge in [-0.2, -0.15) is 0 Å². The van der Waals surface area contributed by atoms with E-state index in [9.17, 15) is 0 Å². The summed E-state index contributed by atoms with van der Waals surface area (Å²) in [6.07, 6.45) is 3.48. The van der Waals surface area contributed by atoms with E-state index in [1.54, 1.807) is 7.11 Å². The lowest BCUT2D eigenvalue weighted by Gasteiger charge is -2.20. The second-order valence-corrected chi connectivity index (χ2v) is 4.73. The van der Waals surface area contributed by atoms with Gasteiger partial charge in [0.05, 0.1) is 0 Å². The summed E-state index contributed by atoms with van der Waals surface area (Å²) in [5, 5.41) is 6.71. The summed E-state index contributed by atoms with van der Waals surface area (Å²) in [6.45, 7) is 8.41. The lowest BCUT2D eigenvalue weighted by Crippen LogP contribution is -2.44. The molecule has 0 aromatic rings. The summed E-state index contributed by atoms with van der Waals surface area (Å²) in [4.78, 5) is 4.21. The predicted molar refractivity (Wildman–Crippen MR) is 89.9 cm³/mol. The van der Waals surface area contributed by atoms with E-state index in [1.807, 2.05) is 7.05 Å². The zero-order valence-corrected chi connectivity index (χ0v) is 14.8. The Hall–Kier alpha value is -0.0400. The molecule has 0 radical (unpaired) electrons. The van der Waals surface area contributed by atoms with Crippen molar-refractivity contribution < 1.29 is 4.74 Å². The van der Waals surface area contributed by atoms with Crippen LogP contribution in [0.4, 0.5) is 0 Å². The summed E-state index contributed by atoms with van der Waals surface area (Å²) in [6, 6.07) is 0.440. The van der Waals surface area contributed by atoms with Crippen molar-refractivity contribution in [3.63, 3.8) is 0 Å². The molecule has 5 heteroatoms. The molecular formula is C13H30IN3O. The lowest BCUT2D eigenvalue weighted by molar-refractivity contribution is 0.192. The minimum absolute atomic E-state index is 0. The second-order valence-electron chi connectivity index (χ2n) is 4.73. The van der Waals surface area contributed by atoms with Gasteiger partial charge in [0.15, 0.2) is 5.96 Å². The van der Waals surface area contributed by atoms with Crippen molar-refractivity contribution in [3.05, 3.63) is 0 Å². The van der Waals surface area contributed by atoms with Crippen molar-refractivity contribution in [1.82, 2.24) is 10.6 Å². The van der Waals surface area contributed by atoms with Gasteiger partial charge < -0.3 is 15.4 Å². The molecule has 0 fully saturated rings. The van der Waals surface area contributed by atoms with Crippen LogP contribution in [-0.2, 0) is 4.74 Å². The third-order valence-electron chi connectivity index (χ3n) is 2.91. The van der Waals surface area contributed by atoms with Crippen LogP contribution in [0.3, 0.4) is 0 Å². The Balaban J connectivity index is 0. The topological polar surface area (TPSA) is 45.7 Å². The molecule has 0 amide bonds. The predicted octanol–water partition coefficient (Wildman–Crippen LogP) is 2.63. The number of halogens is 1. The van der Waals surface area contributed by atoms with E-state index in [1.165, 1.54) is 6.42 Å². The van der Waals surface area contributed by atoms with Gasteiger partial charge in [0, 0.05) is 33.4 Å². The van der Waals surface area contributed by atoms with Crippen LogP contribution in [0.2, 0.25) is 0 Å². The van der Waals surface area contributed by atoms with Crippen molar-refractivity contribution in [2.45, 2.75) is 46.1 Å². The van der Waals surface area contributed by atoms with Crippen molar-refractivity contribution in [3.8, 4) is 0 Å². The largest absolute Gasteiger partial charge is 0.385 e. The maximum Gasteiger partial charge on any atom is 0.191 e. The normalized spacial score (nSPS) is 13.1. The molecule has 18 heavy (non-hydrogen) atoms. The quantitative estimate of drug-likeness (QED) is 0.298. The standard InChI is InChI=1S/C13H29N3O.HI/c1-11(2)12(3)16-13(14-4)15-9-7-6-8-10-17-5;/h11-12H,6-10H2,1-5H3,(H2,14,15,16);1H. The highest BCUT2D eigenvalue weighted by molar-refractivity contribution is 14.0. The van der Waals surface area contributed by atoms with Gasteiger partial charge in [0.2, 0.25) is 0 Å².